The van der Waals surface area contributed by atoms with Gasteiger partial charge in [-0.15, -0.1) is 0 Å². The van der Waals surface area contributed by atoms with Crippen LogP contribution in [-0.2, 0) is 17.7 Å². The minimum absolute atomic E-state index is 0.752. The average molecular weight is 482 g/mol. The van der Waals surface area contributed by atoms with Crippen LogP contribution >= 0.6 is 15.9 Å². The highest BCUT2D eigenvalue weighted by Crippen LogP contribution is 2.28. The van der Waals surface area contributed by atoms with Gasteiger partial charge in [0.05, 0.1) is 24.3 Å². The molecule has 6 heteroatoms. The SMILES string of the molecule is CCCCOCCCc1nc2cnc3cc(Br)ccc3c2n1Cc1ccc(OC)cc1. The van der Waals surface area contributed by atoms with Crippen molar-refractivity contribution in [3.05, 3.63) is 64.5 Å². The Morgan fingerprint density at radius 1 is 1.00 bits per heavy atom. The summed E-state index contributed by atoms with van der Waals surface area (Å²) in [7, 11) is 1.69. The standard InChI is InChI=1S/C25H28BrN3O2/c1-3-4-13-31-14-5-6-24-28-23-16-27-22-15-19(26)9-12-21(22)25(23)29(24)17-18-7-10-20(30-2)11-8-18/h7-12,15-16H,3-6,13-14,17H2,1-2H3. The maximum Gasteiger partial charge on any atom is 0.118 e. The number of fused-ring (bicyclic) bond motifs is 3. The van der Waals surface area contributed by atoms with E-state index in [4.69, 9.17) is 14.5 Å². The van der Waals surface area contributed by atoms with Gasteiger partial charge in [0.25, 0.3) is 0 Å². The van der Waals surface area contributed by atoms with Gasteiger partial charge in [-0.25, -0.2) is 4.98 Å². The van der Waals surface area contributed by atoms with Crippen LogP contribution in [0.4, 0.5) is 0 Å². The van der Waals surface area contributed by atoms with Gasteiger partial charge in [-0.1, -0.05) is 41.4 Å². The molecule has 0 aliphatic carbocycles. The summed E-state index contributed by atoms with van der Waals surface area (Å²) in [5, 5.41) is 1.12. The van der Waals surface area contributed by atoms with Crippen LogP contribution in [0, 0.1) is 0 Å². The van der Waals surface area contributed by atoms with Gasteiger partial charge in [-0.2, -0.15) is 0 Å². The highest BCUT2D eigenvalue weighted by molar-refractivity contribution is 9.10. The fraction of sp³-hybridized carbons (Fsp3) is 0.360. The molecule has 4 aromatic rings. The molecule has 0 amide bonds. The Hall–Kier alpha value is -2.44. The van der Waals surface area contributed by atoms with E-state index in [0.29, 0.717) is 0 Å². The van der Waals surface area contributed by atoms with E-state index in [1.54, 1.807) is 7.11 Å². The zero-order chi connectivity index (χ0) is 21.6. The Morgan fingerprint density at radius 2 is 1.81 bits per heavy atom. The molecule has 0 radical (unpaired) electrons. The Morgan fingerprint density at radius 3 is 2.58 bits per heavy atom. The van der Waals surface area contributed by atoms with Crippen LogP contribution in [-0.4, -0.2) is 34.9 Å². The molecule has 2 aromatic heterocycles. The largest absolute Gasteiger partial charge is 0.497 e. The van der Waals surface area contributed by atoms with Crippen LogP contribution in [0.25, 0.3) is 21.9 Å². The normalized spacial score (nSPS) is 11.5. The van der Waals surface area contributed by atoms with Crippen molar-refractivity contribution in [2.45, 2.75) is 39.2 Å². The lowest BCUT2D eigenvalue weighted by molar-refractivity contribution is 0.128. The van der Waals surface area contributed by atoms with Crippen LogP contribution in [0.1, 0.15) is 37.6 Å². The number of halogens is 1. The number of aromatic nitrogens is 3. The molecule has 0 aliphatic rings. The van der Waals surface area contributed by atoms with Gasteiger partial charge >= 0.3 is 0 Å². The van der Waals surface area contributed by atoms with Crippen LogP contribution < -0.4 is 4.74 Å². The van der Waals surface area contributed by atoms with E-state index in [0.717, 1.165) is 83.4 Å². The Balaban J connectivity index is 1.69. The maximum absolute atomic E-state index is 5.77. The third kappa shape index (κ3) is 5.08. The van der Waals surface area contributed by atoms with Crippen molar-refractivity contribution >= 4 is 37.9 Å². The first-order chi connectivity index (χ1) is 15.2. The summed E-state index contributed by atoms with van der Waals surface area (Å²) in [5.41, 5.74) is 4.25. The molecule has 4 rings (SSSR count). The lowest BCUT2D eigenvalue weighted by Crippen LogP contribution is -2.07. The molecule has 0 N–H and O–H groups in total. The second kappa shape index (κ2) is 10.2. The Labute approximate surface area is 191 Å². The van der Waals surface area contributed by atoms with Crippen LogP contribution in [0.2, 0.25) is 0 Å². The van der Waals surface area contributed by atoms with E-state index in [-0.39, 0.29) is 0 Å². The summed E-state index contributed by atoms with van der Waals surface area (Å²) in [6.07, 6.45) is 5.98. The van der Waals surface area contributed by atoms with E-state index >= 15 is 0 Å². The van der Waals surface area contributed by atoms with E-state index in [1.165, 1.54) is 5.56 Å². The first kappa shape index (κ1) is 21.8. The number of ether oxygens (including phenoxy) is 2. The predicted molar refractivity (Wildman–Crippen MR) is 129 cm³/mol. The molecule has 2 aromatic carbocycles. The van der Waals surface area contributed by atoms with Gasteiger partial charge < -0.3 is 14.0 Å². The number of methoxy groups -OCH3 is 1. The van der Waals surface area contributed by atoms with Crippen LogP contribution in [0.15, 0.2) is 53.1 Å². The van der Waals surface area contributed by atoms with Crippen molar-refractivity contribution < 1.29 is 9.47 Å². The van der Waals surface area contributed by atoms with Crippen molar-refractivity contribution in [3.63, 3.8) is 0 Å². The Kier molecular flexibility index (Phi) is 7.20. The molecule has 2 heterocycles. The fourth-order valence-electron chi connectivity index (χ4n) is 3.79. The molecule has 0 unspecified atom stereocenters. The van der Waals surface area contributed by atoms with Gasteiger partial charge in [-0.3, -0.25) is 4.98 Å². The van der Waals surface area contributed by atoms with Crippen LogP contribution in [0.5, 0.6) is 5.75 Å². The van der Waals surface area contributed by atoms with E-state index in [1.807, 2.05) is 18.3 Å². The van der Waals surface area contributed by atoms with Gasteiger partial charge in [0.1, 0.15) is 17.1 Å². The molecule has 5 nitrogen and oxygen atoms in total. The molecule has 0 saturated heterocycles. The second-order valence-corrected chi connectivity index (χ2v) is 8.60. The highest BCUT2D eigenvalue weighted by Gasteiger charge is 2.15. The van der Waals surface area contributed by atoms with Gasteiger partial charge in [0.15, 0.2) is 0 Å². The number of imidazole rings is 1. The van der Waals surface area contributed by atoms with Crippen molar-refractivity contribution in [2.75, 3.05) is 20.3 Å². The van der Waals surface area contributed by atoms with Gasteiger partial charge in [-0.05, 0) is 48.7 Å². The van der Waals surface area contributed by atoms with Gasteiger partial charge in [0.2, 0.25) is 0 Å². The second-order valence-electron chi connectivity index (χ2n) is 7.69. The zero-order valence-electron chi connectivity index (χ0n) is 18.1. The molecular formula is C25H28BrN3O2. The number of aryl methyl sites for hydroxylation is 1. The summed E-state index contributed by atoms with van der Waals surface area (Å²) in [6.45, 7) is 4.53. The van der Waals surface area contributed by atoms with E-state index < -0.39 is 0 Å². The molecule has 0 fully saturated rings. The lowest BCUT2D eigenvalue weighted by atomic mass is 10.1. The minimum Gasteiger partial charge on any atom is -0.497 e. The summed E-state index contributed by atoms with van der Waals surface area (Å²) in [4.78, 5) is 9.60. The quantitative estimate of drug-likeness (QED) is 0.254. The smallest absolute Gasteiger partial charge is 0.118 e. The first-order valence-corrected chi connectivity index (χ1v) is 11.6. The van der Waals surface area contributed by atoms with Crippen molar-refractivity contribution in [1.29, 1.82) is 0 Å². The molecular weight excluding hydrogens is 454 g/mol. The summed E-state index contributed by atoms with van der Waals surface area (Å²) < 4.78 is 14.4. The van der Waals surface area contributed by atoms with Crippen molar-refractivity contribution in [2.24, 2.45) is 0 Å². The zero-order valence-corrected chi connectivity index (χ0v) is 19.7. The minimum atomic E-state index is 0.752. The fourth-order valence-corrected chi connectivity index (χ4v) is 4.14. The lowest BCUT2D eigenvalue weighted by Gasteiger charge is -2.12. The predicted octanol–water partition coefficient (Wildman–Crippen LogP) is 6.15. The number of nitrogens with zero attached hydrogens (tertiary/aromatic N) is 3. The number of pyridine rings is 1. The van der Waals surface area contributed by atoms with E-state index in [9.17, 15) is 0 Å². The number of unbranched alkanes of at least 4 members (excludes halogenated alkanes) is 1. The number of benzene rings is 2. The number of hydrogen-bond acceptors (Lipinski definition) is 4. The summed E-state index contributed by atoms with van der Waals surface area (Å²) in [6, 6.07) is 14.5. The molecule has 0 saturated carbocycles. The molecule has 0 aliphatic heterocycles. The molecule has 0 spiro atoms. The van der Waals surface area contributed by atoms with Crippen molar-refractivity contribution in [1.82, 2.24) is 14.5 Å². The maximum atomic E-state index is 5.77. The molecule has 0 bridgehead atoms. The Bertz CT molecular complexity index is 1160. The molecule has 0 atom stereocenters. The van der Waals surface area contributed by atoms with Crippen LogP contribution in [0.3, 0.4) is 0 Å². The monoisotopic (exact) mass is 481 g/mol. The van der Waals surface area contributed by atoms with E-state index in [2.05, 4.69) is 62.7 Å². The highest BCUT2D eigenvalue weighted by atomic mass is 79.9. The topological polar surface area (TPSA) is 49.2 Å². The number of hydrogen-bond donors (Lipinski definition) is 0. The summed E-state index contributed by atoms with van der Waals surface area (Å²) in [5.74, 6) is 1.94. The third-order valence-electron chi connectivity index (χ3n) is 5.45. The first-order valence-electron chi connectivity index (χ1n) is 10.8. The molecule has 162 valence electrons. The molecule has 31 heavy (non-hydrogen) atoms. The number of rotatable bonds is 10. The average Bonchev–Trinajstić information content (AvgIpc) is 3.14. The summed E-state index contributed by atoms with van der Waals surface area (Å²) >= 11 is 3.56. The van der Waals surface area contributed by atoms with Crippen molar-refractivity contribution in [3.8, 4) is 5.75 Å². The van der Waals surface area contributed by atoms with Gasteiger partial charge in [0, 0.05) is 36.0 Å². The third-order valence-corrected chi connectivity index (χ3v) is 5.94.